The van der Waals surface area contributed by atoms with Gasteiger partial charge in [0.2, 0.25) is 5.82 Å². The van der Waals surface area contributed by atoms with Gasteiger partial charge >= 0.3 is 5.69 Å². The van der Waals surface area contributed by atoms with Crippen molar-refractivity contribution in [1.29, 1.82) is 0 Å². The lowest BCUT2D eigenvalue weighted by Crippen LogP contribution is -2.25. The van der Waals surface area contributed by atoms with Gasteiger partial charge in [-0.15, -0.1) is 0 Å². The SMILES string of the molecule is COCCC(C)(C)CNc1cccc(F)c1[N+](=O)[O-]. The summed E-state index contributed by atoms with van der Waals surface area (Å²) in [5, 5.41) is 13.8. The standard InChI is InChI=1S/C13H19FN2O3/c1-13(2,7-8-19-3)9-15-11-6-4-5-10(14)12(11)16(17)18/h4-6,15H,7-9H2,1-3H3. The third-order valence-electron chi connectivity index (χ3n) is 2.91. The fourth-order valence-corrected chi connectivity index (χ4v) is 1.64. The van der Waals surface area contributed by atoms with Crippen LogP contribution in [0.4, 0.5) is 15.8 Å². The Hall–Kier alpha value is -1.69. The highest BCUT2D eigenvalue weighted by Gasteiger charge is 2.22. The summed E-state index contributed by atoms with van der Waals surface area (Å²) in [4.78, 5) is 10.1. The van der Waals surface area contributed by atoms with Crippen molar-refractivity contribution in [3.8, 4) is 0 Å². The molecular weight excluding hydrogens is 251 g/mol. The van der Waals surface area contributed by atoms with Crippen LogP contribution in [0.2, 0.25) is 0 Å². The van der Waals surface area contributed by atoms with Crippen molar-refractivity contribution in [2.75, 3.05) is 25.6 Å². The van der Waals surface area contributed by atoms with Gasteiger partial charge in [0.15, 0.2) is 0 Å². The van der Waals surface area contributed by atoms with Crippen LogP contribution in [0.5, 0.6) is 0 Å². The summed E-state index contributed by atoms with van der Waals surface area (Å²) < 4.78 is 18.4. The van der Waals surface area contributed by atoms with Crippen LogP contribution in [-0.2, 0) is 4.74 Å². The topological polar surface area (TPSA) is 64.4 Å². The molecule has 0 radical (unpaired) electrons. The zero-order valence-electron chi connectivity index (χ0n) is 11.4. The molecule has 19 heavy (non-hydrogen) atoms. The summed E-state index contributed by atoms with van der Waals surface area (Å²) in [5.74, 6) is -0.829. The largest absolute Gasteiger partial charge is 0.385 e. The second-order valence-electron chi connectivity index (χ2n) is 5.15. The highest BCUT2D eigenvalue weighted by Crippen LogP contribution is 2.29. The lowest BCUT2D eigenvalue weighted by molar-refractivity contribution is -0.386. The van der Waals surface area contributed by atoms with Crippen LogP contribution in [-0.4, -0.2) is 25.2 Å². The summed E-state index contributed by atoms with van der Waals surface area (Å²) in [6.07, 6.45) is 0.805. The molecule has 0 atom stereocenters. The Labute approximate surface area is 111 Å². The number of methoxy groups -OCH3 is 1. The molecule has 5 nitrogen and oxygen atoms in total. The molecule has 0 spiro atoms. The van der Waals surface area contributed by atoms with Crippen molar-refractivity contribution in [3.05, 3.63) is 34.1 Å². The minimum absolute atomic E-state index is 0.101. The Balaban J connectivity index is 2.78. The van der Waals surface area contributed by atoms with E-state index in [-0.39, 0.29) is 11.1 Å². The molecular formula is C13H19FN2O3. The van der Waals surface area contributed by atoms with E-state index in [0.29, 0.717) is 13.2 Å². The summed E-state index contributed by atoms with van der Waals surface area (Å²) in [5.41, 5.74) is -0.406. The average molecular weight is 270 g/mol. The maximum absolute atomic E-state index is 13.4. The number of benzene rings is 1. The van der Waals surface area contributed by atoms with E-state index in [0.717, 1.165) is 12.5 Å². The molecule has 0 aliphatic heterocycles. The third-order valence-corrected chi connectivity index (χ3v) is 2.91. The van der Waals surface area contributed by atoms with E-state index < -0.39 is 16.4 Å². The number of rotatable bonds is 7. The van der Waals surface area contributed by atoms with Gasteiger partial charge in [-0.05, 0) is 24.0 Å². The molecule has 1 N–H and O–H groups in total. The van der Waals surface area contributed by atoms with Gasteiger partial charge in [0.05, 0.1) is 4.92 Å². The quantitative estimate of drug-likeness (QED) is 0.610. The van der Waals surface area contributed by atoms with Crippen LogP contribution in [0, 0.1) is 21.3 Å². The van der Waals surface area contributed by atoms with Crippen molar-refractivity contribution in [1.82, 2.24) is 0 Å². The number of halogens is 1. The first-order valence-corrected chi connectivity index (χ1v) is 6.03. The lowest BCUT2D eigenvalue weighted by Gasteiger charge is -2.25. The average Bonchev–Trinajstić information content (AvgIpc) is 2.33. The Kier molecular flexibility index (Phi) is 5.23. The first-order valence-electron chi connectivity index (χ1n) is 6.03. The number of ether oxygens (including phenoxy) is 1. The van der Waals surface area contributed by atoms with Crippen LogP contribution in [0.25, 0.3) is 0 Å². The number of nitrogens with one attached hydrogen (secondary N) is 1. The van der Waals surface area contributed by atoms with Crippen molar-refractivity contribution in [2.24, 2.45) is 5.41 Å². The monoisotopic (exact) mass is 270 g/mol. The number of nitrogens with zero attached hydrogens (tertiary/aromatic N) is 1. The van der Waals surface area contributed by atoms with E-state index in [1.165, 1.54) is 12.1 Å². The van der Waals surface area contributed by atoms with Crippen molar-refractivity contribution in [3.63, 3.8) is 0 Å². The van der Waals surface area contributed by atoms with Gasteiger partial charge in [-0.1, -0.05) is 19.9 Å². The van der Waals surface area contributed by atoms with Gasteiger partial charge in [0, 0.05) is 20.3 Å². The zero-order chi connectivity index (χ0) is 14.5. The number of para-hydroxylation sites is 1. The highest BCUT2D eigenvalue weighted by atomic mass is 19.1. The summed E-state index contributed by atoms with van der Waals surface area (Å²) >= 11 is 0. The van der Waals surface area contributed by atoms with Gasteiger partial charge < -0.3 is 10.1 Å². The first-order chi connectivity index (χ1) is 8.87. The molecule has 0 saturated heterocycles. The Bertz CT molecular complexity index is 450. The van der Waals surface area contributed by atoms with Gasteiger partial charge in [0.25, 0.3) is 0 Å². The summed E-state index contributed by atoms with van der Waals surface area (Å²) in [6.45, 7) is 5.15. The summed E-state index contributed by atoms with van der Waals surface area (Å²) in [7, 11) is 1.63. The Morgan fingerprint density at radius 3 is 2.74 bits per heavy atom. The van der Waals surface area contributed by atoms with E-state index in [1.54, 1.807) is 7.11 Å². The van der Waals surface area contributed by atoms with Crippen LogP contribution < -0.4 is 5.32 Å². The second-order valence-corrected chi connectivity index (χ2v) is 5.15. The molecule has 0 bridgehead atoms. The molecule has 0 amide bonds. The van der Waals surface area contributed by atoms with Crippen molar-refractivity contribution >= 4 is 11.4 Å². The van der Waals surface area contributed by atoms with Gasteiger partial charge in [0.1, 0.15) is 5.69 Å². The molecule has 0 aliphatic carbocycles. The molecule has 1 aromatic carbocycles. The molecule has 0 unspecified atom stereocenters. The number of nitro groups is 1. The van der Waals surface area contributed by atoms with Gasteiger partial charge in [-0.25, -0.2) is 0 Å². The maximum Gasteiger partial charge on any atom is 0.327 e. The van der Waals surface area contributed by atoms with E-state index in [1.807, 2.05) is 13.8 Å². The molecule has 0 heterocycles. The van der Waals surface area contributed by atoms with Crippen LogP contribution in [0.15, 0.2) is 18.2 Å². The first kappa shape index (κ1) is 15.4. The number of nitro benzene ring substituents is 1. The smallest absolute Gasteiger partial charge is 0.327 e. The molecule has 0 aliphatic rings. The highest BCUT2D eigenvalue weighted by molar-refractivity contribution is 5.62. The lowest BCUT2D eigenvalue weighted by atomic mass is 9.89. The van der Waals surface area contributed by atoms with Crippen LogP contribution >= 0.6 is 0 Å². The second kappa shape index (κ2) is 6.47. The molecule has 6 heteroatoms. The normalized spacial score (nSPS) is 11.4. The molecule has 0 fully saturated rings. The Morgan fingerprint density at radius 1 is 1.47 bits per heavy atom. The third kappa shape index (κ3) is 4.48. The maximum atomic E-state index is 13.4. The molecule has 1 rings (SSSR count). The minimum atomic E-state index is -0.829. The molecule has 1 aromatic rings. The fraction of sp³-hybridized carbons (Fsp3) is 0.538. The van der Waals surface area contributed by atoms with E-state index in [4.69, 9.17) is 4.74 Å². The van der Waals surface area contributed by atoms with Crippen molar-refractivity contribution in [2.45, 2.75) is 20.3 Å². The molecule has 106 valence electrons. The van der Waals surface area contributed by atoms with E-state index in [2.05, 4.69) is 5.32 Å². The van der Waals surface area contributed by atoms with Gasteiger partial charge in [-0.3, -0.25) is 10.1 Å². The van der Waals surface area contributed by atoms with E-state index in [9.17, 15) is 14.5 Å². The Morgan fingerprint density at radius 2 is 2.16 bits per heavy atom. The van der Waals surface area contributed by atoms with Crippen molar-refractivity contribution < 1.29 is 14.1 Å². The number of hydrogen-bond acceptors (Lipinski definition) is 4. The number of hydrogen-bond donors (Lipinski definition) is 1. The molecule has 0 saturated carbocycles. The van der Waals surface area contributed by atoms with E-state index >= 15 is 0 Å². The number of anilines is 1. The predicted octanol–water partition coefficient (Wildman–Crippen LogP) is 3.21. The zero-order valence-corrected chi connectivity index (χ0v) is 11.4. The van der Waals surface area contributed by atoms with Gasteiger partial charge in [-0.2, -0.15) is 4.39 Å². The minimum Gasteiger partial charge on any atom is -0.385 e. The summed E-state index contributed by atoms with van der Waals surface area (Å²) in [6, 6.07) is 4.04. The fourth-order valence-electron chi connectivity index (χ4n) is 1.64. The van der Waals surface area contributed by atoms with Crippen LogP contribution in [0.1, 0.15) is 20.3 Å². The predicted molar refractivity (Wildman–Crippen MR) is 71.8 cm³/mol. The van der Waals surface area contributed by atoms with Crippen LogP contribution in [0.3, 0.4) is 0 Å². The molecule has 0 aromatic heterocycles.